The third-order valence-electron chi connectivity index (χ3n) is 5.78. The van der Waals surface area contributed by atoms with Crippen molar-refractivity contribution in [2.75, 3.05) is 26.4 Å². The Bertz CT molecular complexity index is 699. The smallest absolute Gasteiger partial charge is 1.00 e. The van der Waals surface area contributed by atoms with Crippen molar-refractivity contribution >= 4 is 5.97 Å². The zero-order chi connectivity index (χ0) is 26.7. The molecule has 0 saturated carbocycles. The number of ether oxygens (including phenoxy) is 4. The SMILES string of the molecule is O=C(O[C@H]1[C@H](O)[C@@H](CO)O[C@@]1(CO)O[C@H]1O[C@H](CO)[C@@H](O)[C@H](O)[C@H]1O)[C@H](O)[C@@H](O)[C@H](O)[C@H](O)CO.[Fe].[H-].[Na+]. The van der Waals surface area contributed by atoms with Crippen LogP contribution in [0.15, 0.2) is 0 Å². The summed E-state index contributed by atoms with van der Waals surface area (Å²) < 4.78 is 20.7. The Balaban J connectivity index is 0. The summed E-state index contributed by atoms with van der Waals surface area (Å²) in [5, 5.41) is 117. The summed E-state index contributed by atoms with van der Waals surface area (Å²) in [4.78, 5) is 12.4. The zero-order valence-electron chi connectivity index (χ0n) is 20.5. The second-order valence-electron chi connectivity index (χ2n) is 8.15. The van der Waals surface area contributed by atoms with Crippen LogP contribution in [0.3, 0.4) is 0 Å². The van der Waals surface area contributed by atoms with Crippen LogP contribution in [0, 0.1) is 0 Å². The standard InChI is InChI=1S/C18H32O17.Fe.Na.H/c19-1-5(23)8(24)11(27)13(29)16(31)33-15-10(26)7(3-21)34-18(15,4-22)35-17-14(30)12(28)9(25)6(2-20)32-17;;;/h5-15,17,19-30H,1-4H2;;;/q;;+1;-1/t5-,6-,7-,8-,9-,10-,11+,12+,13-,14-,15+,17-,18+;;;/m1.../s1. The molecule has 216 valence electrons. The molecule has 19 heteroatoms. The molecule has 0 spiro atoms. The molecule has 0 aromatic heterocycles. The molecule has 0 aliphatic carbocycles. The average Bonchev–Trinajstić information content (AvgIpc) is 3.12. The number of hydrogen-bond donors (Lipinski definition) is 12. The van der Waals surface area contributed by atoms with Crippen molar-refractivity contribution in [3.63, 3.8) is 0 Å². The second-order valence-corrected chi connectivity index (χ2v) is 8.15. The Labute approximate surface area is 244 Å². The molecular weight excluding hydrogens is 567 g/mol. The molecule has 0 radical (unpaired) electrons. The third kappa shape index (κ3) is 7.99. The van der Waals surface area contributed by atoms with Crippen molar-refractivity contribution < 1.29 is 133 Å². The predicted molar refractivity (Wildman–Crippen MR) is 105 cm³/mol. The Hall–Kier alpha value is 0.389. The van der Waals surface area contributed by atoms with Crippen LogP contribution in [0.5, 0.6) is 0 Å². The van der Waals surface area contributed by atoms with Gasteiger partial charge in [0.15, 0.2) is 18.5 Å². The molecule has 0 aromatic carbocycles. The van der Waals surface area contributed by atoms with Gasteiger partial charge in [-0.25, -0.2) is 4.79 Å². The van der Waals surface area contributed by atoms with Gasteiger partial charge in [0.05, 0.1) is 19.8 Å². The van der Waals surface area contributed by atoms with Gasteiger partial charge in [-0.1, -0.05) is 0 Å². The fourth-order valence-corrected chi connectivity index (χ4v) is 3.63. The molecule has 2 rings (SSSR count). The molecule has 12 N–H and O–H groups in total. The van der Waals surface area contributed by atoms with Crippen LogP contribution in [0.25, 0.3) is 0 Å². The van der Waals surface area contributed by atoms with E-state index in [1.807, 2.05) is 0 Å². The molecule has 17 nitrogen and oxygen atoms in total. The molecule has 13 atom stereocenters. The number of aliphatic hydroxyl groups is 12. The molecule has 2 heterocycles. The van der Waals surface area contributed by atoms with Crippen molar-refractivity contribution in [1.29, 1.82) is 0 Å². The molecular formula is C18H33FeNaO17. The molecule has 2 aliphatic rings. The quantitative estimate of drug-likeness (QED) is 0.0774. The number of rotatable bonds is 11. The fraction of sp³-hybridized carbons (Fsp3) is 0.944. The van der Waals surface area contributed by atoms with Gasteiger partial charge < -0.3 is 81.7 Å². The summed E-state index contributed by atoms with van der Waals surface area (Å²) in [6, 6.07) is 0. The Morgan fingerprint density at radius 1 is 0.865 bits per heavy atom. The summed E-state index contributed by atoms with van der Waals surface area (Å²) in [5.74, 6) is -4.35. The van der Waals surface area contributed by atoms with Crippen molar-refractivity contribution in [3.8, 4) is 0 Å². The largest absolute Gasteiger partial charge is 1.00 e. The Morgan fingerprint density at radius 3 is 1.92 bits per heavy atom. The maximum atomic E-state index is 12.4. The maximum absolute atomic E-state index is 12.4. The molecule has 0 bridgehead atoms. The fourth-order valence-electron chi connectivity index (χ4n) is 3.63. The summed E-state index contributed by atoms with van der Waals surface area (Å²) in [6.07, 6.45) is -23.8. The van der Waals surface area contributed by atoms with E-state index in [2.05, 4.69) is 0 Å². The molecule has 0 unspecified atom stereocenters. The van der Waals surface area contributed by atoms with Crippen LogP contribution >= 0.6 is 0 Å². The molecule has 37 heavy (non-hydrogen) atoms. The first kappa shape index (κ1) is 37.4. The van der Waals surface area contributed by atoms with E-state index >= 15 is 0 Å². The number of aliphatic hydroxyl groups excluding tert-OH is 12. The van der Waals surface area contributed by atoms with E-state index < -0.39 is 112 Å². The van der Waals surface area contributed by atoms with Crippen LogP contribution in [0.2, 0.25) is 0 Å². The van der Waals surface area contributed by atoms with Gasteiger partial charge in [-0.05, 0) is 0 Å². The molecule has 2 saturated heterocycles. The van der Waals surface area contributed by atoms with Crippen molar-refractivity contribution in [1.82, 2.24) is 0 Å². The molecule has 0 amide bonds. The monoisotopic (exact) mass is 600 g/mol. The summed E-state index contributed by atoms with van der Waals surface area (Å²) in [6.45, 7) is -4.04. The minimum Gasteiger partial charge on any atom is -1.00 e. The predicted octanol–water partition coefficient (Wildman–Crippen LogP) is -11.3. The number of esters is 1. The van der Waals surface area contributed by atoms with Gasteiger partial charge in [0.2, 0.25) is 5.79 Å². The second kappa shape index (κ2) is 16.0. The van der Waals surface area contributed by atoms with E-state index in [4.69, 9.17) is 24.1 Å². The zero-order valence-corrected chi connectivity index (χ0v) is 22.6. The van der Waals surface area contributed by atoms with Crippen LogP contribution in [-0.4, -0.2) is 173 Å². The Morgan fingerprint density at radius 2 is 1.43 bits per heavy atom. The molecule has 2 fully saturated rings. The first-order chi connectivity index (χ1) is 16.4. The number of hydrogen-bond acceptors (Lipinski definition) is 17. The summed E-state index contributed by atoms with van der Waals surface area (Å²) in [5.41, 5.74) is 0. The van der Waals surface area contributed by atoms with E-state index in [9.17, 15) is 61.0 Å². The van der Waals surface area contributed by atoms with Crippen LogP contribution in [0.1, 0.15) is 1.43 Å². The maximum Gasteiger partial charge on any atom is 1.00 e. The van der Waals surface area contributed by atoms with Gasteiger partial charge in [-0.3, -0.25) is 0 Å². The van der Waals surface area contributed by atoms with Gasteiger partial charge >= 0.3 is 35.5 Å². The van der Waals surface area contributed by atoms with E-state index in [-0.39, 0.29) is 48.1 Å². The molecule has 2 aliphatic heterocycles. The van der Waals surface area contributed by atoms with Crippen molar-refractivity contribution in [3.05, 3.63) is 0 Å². The minimum absolute atomic E-state index is 0. The van der Waals surface area contributed by atoms with Gasteiger partial charge in [-0.15, -0.1) is 0 Å². The first-order valence-corrected chi connectivity index (χ1v) is 10.5. The van der Waals surface area contributed by atoms with E-state index in [1.165, 1.54) is 0 Å². The van der Waals surface area contributed by atoms with Gasteiger partial charge in [-0.2, -0.15) is 0 Å². The number of carbonyl (C=O) groups excluding carboxylic acids is 1. The van der Waals surface area contributed by atoms with Gasteiger partial charge in [0, 0.05) is 17.1 Å². The van der Waals surface area contributed by atoms with Gasteiger partial charge in [0.1, 0.15) is 61.5 Å². The minimum atomic E-state index is -2.62. The Kier molecular flexibility index (Phi) is 16.2. The van der Waals surface area contributed by atoms with E-state index in [0.717, 1.165) is 0 Å². The van der Waals surface area contributed by atoms with Crippen LogP contribution in [-0.2, 0) is 40.8 Å². The first-order valence-electron chi connectivity index (χ1n) is 10.5. The number of carbonyl (C=O) groups is 1. The normalized spacial score (nSPS) is 39.0. The molecule has 0 aromatic rings. The van der Waals surface area contributed by atoms with E-state index in [1.54, 1.807) is 0 Å². The average molecular weight is 600 g/mol. The topological polar surface area (TPSA) is 297 Å². The summed E-state index contributed by atoms with van der Waals surface area (Å²) >= 11 is 0. The van der Waals surface area contributed by atoms with Gasteiger partial charge in [0.25, 0.3) is 0 Å². The van der Waals surface area contributed by atoms with Crippen LogP contribution < -0.4 is 29.6 Å². The van der Waals surface area contributed by atoms with Crippen molar-refractivity contribution in [2.45, 2.75) is 79.2 Å². The van der Waals surface area contributed by atoms with Crippen LogP contribution in [0.4, 0.5) is 0 Å². The van der Waals surface area contributed by atoms with Crippen molar-refractivity contribution in [2.24, 2.45) is 0 Å². The van der Waals surface area contributed by atoms with E-state index in [0.29, 0.717) is 0 Å². The summed E-state index contributed by atoms with van der Waals surface area (Å²) in [7, 11) is 0. The third-order valence-corrected chi connectivity index (χ3v) is 5.78.